The van der Waals surface area contributed by atoms with Crippen molar-refractivity contribution in [1.82, 2.24) is 4.90 Å². The number of carbonyl (C=O) groups excluding carboxylic acids is 2. The lowest BCUT2D eigenvalue weighted by atomic mass is 9.94. The Morgan fingerprint density at radius 1 is 1.25 bits per heavy atom. The fraction of sp³-hybridized carbons (Fsp3) is 0.600. The second-order valence-corrected chi connectivity index (χ2v) is 7.17. The van der Waals surface area contributed by atoms with Gasteiger partial charge < -0.3 is 9.80 Å². The number of carbonyl (C=O) groups is 2. The molecule has 2 amide bonds. The molecule has 0 radical (unpaired) electrons. The third-order valence-electron chi connectivity index (χ3n) is 4.68. The Morgan fingerprint density at radius 3 is 2.46 bits per heavy atom. The van der Waals surface area contributed by atoms with Gasteiger partial charge in [-0.3, -0.25) is 9.59 Å². The summed E-state index contributed by atoms with van der Waals surface area (Å²) in [5, 5.41) is 0. The van der Waals surface area contributed by atoms with Crippen LogP contribution in [0.25, 0.3) is 0 Å². The molecule has 4 nitrogen and oxygen atoms in total. The third-order valence-corrected chi connectivity index (χ3v) is 4.68. The van der Waals surface area contributed by atoms with Crippen molar-refractivity contribution in [2.75, 3.05) is 24.5 Å². The first-order valence-corrected chi connectivity index (χ1v) is 9.08. The van der Waals surface area contributed by atoms with Crippen LogP contribution < -0.4 is 4.90 Å². The smallest absolute Gasteiger partial charge is 0.230 e. The standard InChI is InChI=1S/C20H30N2O2/c1-5-22(18-8-6-7-16(4)14-18)20(24)17-9-11-21(12-10-17)19(23)13-15(2)3/h6-8,14-15,17H,5,9-13H2,1-4H3. The first kappa shape index (κ1) is 18.5. The molecule has 2 rings (SSSR count). The van der Waals surface area contributed by atoms with Gasteiger partial charge in [-0.25, -0.2) is 0 Å². The molecule has 0 unspecified atom stereocenters. The molecule has 0 aliphatic carbocycles. The van der Waals surface area contributed by atoms with E-state index in [-0.39, 0.29) is 17.7 Å². The molecular weight excluding hydrogens is 300 g/mol. The number of hydrogen-bond donors (Lipinski definition) is 0. The summed E-state index contributed by atoms with van der Waals surface area (Å²) in [5.74, 6) is 0.823. The lowest BCUT2D eigenvalue weighted by Crippen LogP contribution is -2.44. The molecule has 0 bridgehead atoms. The van der Waals surface area contributed by atoms with E-state index in [9.17, 15) is 9.59 Å². The number of nitrogens with zero attached hydrogens (tertiary/aromatic N) is 2. The Bertz CT molecular complexity index is 575. The van der Waals surface area contributed by atoms with Gasteiger partial charge in [0.15, 0.2) is 0 Å². The van der Waals surface area contributed by atoms with Crippen LogP contribution in [0.1, 0.15) is 45.6 Å². The summed E-state index contributed by atoms with van der Waals surface area (Å²) < 4.78 is 0. The topological polar surface area (TPSA) is 40.6 Å². The van der Waals surface area contributed by atoms with Crippen molar-refractivity contribution in [3.63, 3.8) is 0 Å². The number of benzene rings is 1. The van der Waals surface area contributed by atoms with Crippen LogP contribution in [0, 0.1) is 18.8 Å². The van der Waals surface area contributed by atoms with Crippen LogP contribution in [-0.4, -0.2) is 36.3 Å². The lowest BCUT2D eigenvalue weighted by Gasteiger charge is -2.34. The van der Waals surface area contributed by atoms with Crippen LogP contribution in [0.5, 0.6) is 0 Å². The van der Waals surface area contributed by atoms with Gasteiger partial charge in [-0.05, 0) is 50.3 Å². The van der Waals surface area contributed by atoms with Crippen molar-refractivity contribution in [2.45, 2.75) is 47.0 Å². The van der Waals surface area contributed by atoms with E-state index in [4.69, 9.17) is 0 Å². The number of hydrogen-bond acceptors (Lipinski definition) is 2. The summed E-state index contributed by atoms with van der Waals surface area (Å²) in [5.41, 5.74) is 2.13. The maximum absolute atomic E-state index is 12.9. The highest BCUT2D eigenvalue weighted by atomic mass is 16.2. The van der Waals surface area contributed by atoms with Gasteiger partial charge in [0.25, 0.3) is 0 Å². The van der Waals surface area contributed by atoms with Gasteiger partial charge in [0.1, 0.15) is 0 Å². The summed E-state index contributed by atoms with van der Waals surface area (Å²) in [4.78, 5) is 28.9. The van der Waals surface area contributed by atoms with Gasteiger partial charge in [0.05, 0.1) is 0 Å². The van der Waals surface area contributed by atoms with Crippen molar-refractivity contribution in [1.29, 1.82) is 0 Å². The number of likely N-dealkylation sites (tertiary alicyclic amines) is 1. The van der Waals surface area contributed by atoms with E-state index in [2.05, 4.69) is 19.9 Å². The second kappa shape index (κ2) is 8.32. The highest BCUT2D eigenvalue weighted by molar-refractivity contribution is 5.95. The fourth-order valence-corrected chi connectivity index (χ4v) is 3.34. The molecule has 4 heteroatoms. The summed E-state index contributed by atoms with van der Waals surface area (Å²) in [6, 6.07) is 8.09. The number of amides is 2. The molecule has 1 aromatic rings. The molecule has 1 aromatic carbocycles. The zero-order chi connectivity index (χ0) is 17.7. The van der Waals surface area contributed by atoms with Crippen LogP contribution >= 0.6 is 0 Å². The third kappa shape index (κ3) is 4.59. The average Bonchev–Trinajstić information content (AvgIpc) is 2.55. The highest BCUT2D eigenvalue weighted by Gasteiger charge is 2.30. The zero-order valence-electron chi connectivity index (χ0n) is 15.4. The van der Waals surface area contributed by atoms with E-state index in [0.717, 1.165) is 24.1 Å². The van der Waals surface area contributed by atoms with Crippen molar-refractivity contribution in [3.8, 4) is 0 Å². The highest BCUT2D eigenvalue weighted by Crippen LogP contribution is 2.24. The Kier molecular flexibility index (Phi) is 6.41. The van der Waals surface area contributed by atoms with Gasteiger partial charge in [-0.1, -0.05) is 26.0 Å². The van der Waals surface area contributed by atoms with Crippen molar-refractivity contribution < 1.29 is 9.59 Å². The number of rotatable bonds is 5. The minimum atomic E-state index is 0.0218. The molecule has 0 spiro atoms. The van der Waals surface area contributed by atoms with Gasteiger partial charge in [-0.2, -0.15) is 0 Å². The Labute approximate surface area is 145 Å². The molecule has 1 aliphatic rings. The van der Waals surface area contributed by atoms with Crippen molar-refractivity contribution in [2.24, 2.45) is 11.8 Å². The lowest BCUT2D eigenvalue weighted by molar-refractivity contribution is -0.135. The van der Waals surface area contributed by atoms with E-state index < -0.39 is 0 Å². The SMILES string of the molecule is CCN(C(=O)C1CCN(C(=O)CC(C)C)CC1)c1cccc(C)c1. The van der Waals surface area contributed by atoms with E-state index in [1.165, 1.54) is 0 Å². The van der Waals surface area contributed by atoms with Crippen LogP contribution in [0.15, 0.2) is 24.3 Å². The largest absolute Gasteiger partial charge is 0.343 e. The monoisotopic (exact) mass is 330 g/mol. The van der Waals surface area contributed by atoms with E-state index in [0.29, 0.717) is 32.0 Å². The van der Waals surface area contributed by atoms with Crippen LogP contribution in [0.2, 0.25) is 0 Å². The van der Waals surface area contributed by atoms with Crippen LogP contribution in [0.4, 0.5) is 5.69 Å². The maximum atomic E-state index is 12.9. The molecule has 1 saturated heterocycles. The molecule has 0 N–H and O–H groups in total. The van der Waals surface area contributed by atoms with Gasteiger partial charge in [-0.15, -0.1) is 0 Å². The normalized spacial score (nSPS) is 15.6. The second-order valence-electron chi connectivity index (χ2n) is 7.17. The molecular formula is C20H30N2O2. The van der Waals surface area contributed by atoms with Crippen LogP contribution in [-0.2, 0) is 9.59 Å². The van der Waals surface area contributed by atoms with Gasteiger partial charge in [0.2, 0.25) is 11.8 Å². The predicted octanol–water partition coefficient (Wildman–Crippen LogP) is 3.63. The fourth-order valence-electron chi connectivity index (χ4n) is 3.34. The molecule has 1 aliphatic heterocycles. The Morgan fingerprint density at radius 2 is 1.92 bits per heavy atom. The zero-order valence-corrected chi connectivity index (χ0v) is 15.4. The minimum Gasteiger partial charge on any atom is -0.343 e. The predicted molar refractivity (Wildman–Crippen MR) is 98.0 cm³/mol. The first-order valence-electron chi connectivity index (χ1n) is 9.08. The van der Waals surface area contributed by atoms with Crippen molar-refractivity contribution >= 4 is 17.5 Å². The Balaban J connectivity index is 1.97. The summed E-state index contributed by atoms with van der Waals surface area (Å²) >= 11 is 0. The molecule has 132 valence electrons. The van der Waals surface area contributed by atoms with E-state index in [1.807, 2.05) is 41.8 Å². The van der Waals surface area contributed by atoms with Crippen LogP contribution in [0.3, 0.4) is 0 Å². The summed E-state index contributed by atoms with van der Waals surface area (Å²) in [7, 11) is 0. The van der Waals surface area contributed by atoms with Gasteiger partial charge >= 0.3 is 0 Å². The number of piperidine rings is 1. The van der Waals surface area contributed by atoms with Crippen molar-refractivity contribution in [3.05, 3.63) is 29.8 Å². The molecule has 0 saturated carbocycles. The minimum absolute atomic E-state index is 0.0218. The summed E-state index contributed by atoms with van der Waals surface area (Å²) in [6.07, 6.45) is 2.14. The molecule has 0 atom stereocenters. The molecule has 24 heavy (non-hydrogen) atoms. The Hall–Kier alpha value is -1.84. The quantitative estimate of drug-likeness (QED) is 0.827. The van der Waals surface area contributed by atoms with E-state index >= 15 is 0 Å². The molecule has 0 aromatic heterocycles. The number of anilines is 1. The first-order chi connectivity index (χ1) is 11.4. The number of aryl methyl sites for hydroxylation is 1. The summed E-state index contributed by atoms with van der Waals surface area (Å²) in [6.45, 7) is 10.3. The van der Waals surface area contributed by atoms with E-state index in [1.54, 1.807) is 0 Å². The molecule has 1 heterocycles. The molecule has 1 fully saturated rings. The average molecular weight is 330 g/mol. The van der Waals surface area contributed by atoms with Gasteiger partial charge in [0, 0.05) is 37.7 Å². The maximum Gasteiger partial charge on any atom is 0.230 e.